The summed E-state index contributed by atoms with van der Waals surface area (Å²) in [6, 6.07) is 1.14. The molecule has 11 heavy (non-hydrogen) atoms. The Bertz CT molecular complexity index is 328. The van der Waals surface area contributed by atoms with Crippen molar-refractivity contribution in [2.45, 2.75) is 0 Å². The van der Waals surface area contributed by atoms with Gasteiger partial charge in [-0.1, -0.05) is 0 Å². The van der Waals surface area contributed by atoms with Crippen molar-refractivity contribution >= 4 is 17.2 Å². The number of carbonyl (C=O) groups excluding carboxylic acids is 1. The molecule has 56 valence electrons. The summed E-state index contributed by atoms with van der Waals surface area (Å²) in [5.41, 5.74) is 7.85. The molecule has 4 nitrogen and oxygen atoms in total. The Balaban J connectivity index is 3.02. The van der Waals surface area contributed by atoms with Crippen LogP contribution in [-0.4, -0.2) is 5.91 Å². The molecular weight excluding hydrogens is 169 g/mol. The smallest absolute Gasteiger partial charge is 0.262 e. The highest BCUT2D eigenvalue weighted by atomic mass is 32.1. The Kier molecular flexibility index (Phi) is 2.20. The fourth-order valence-corrected chi connectivity index (χ4v) is 1.18. The van der Waals surface area contributed by atoms with Crippen LogP contribution in [0.5, 0.6) is 0 Å². The largest absolute Gasteiger partial charge is 0.286 e. The molecule has 0 fully saturated rings. The predicted molar refractivity (Wildman–Crippen MR) is 37.8 cm³/mol. The monoisotopic (exact) mass is 171 g/mol. The summed E-state index contributed by atoms with van der Waals surface area (Å²) in [4.78, 5) is 12.8. The first kappa shape index (κ1) is 7.71. The van der Waals surface area contributed by atoms with E-state index in [0.29, 0.717) is 0 Å². The number of thiophene rings is 1. The number of amides is 1. The molecule has 0 aliphatic heterocycles. The average Bonchev–Trinajstić information content (AvgIpc) is 2.36. The van der Waals surface area contributed by atoms with Gasteiger partial charge in [0, 0.05) is 4.91 Å². The maximum Gasteiger partial charge on any atom is 0.262 e. The molecule has 0 aromatic carbocycles. The van der Waals surface area contributed by atoms with E-state index in [1.165, 1.54) is 5.38 Å². The molecule has 0 saturated carbocycles. The average molecular weight is 171 g/mol. The highest BCUT2D eigenvalue weighted by molar-refractivity contribution is 7.12. The van der Waals surface area contributed by atoms with Gasteiger partial charge in [-0.2, -0.15) is 0 Å². The molecule has 0 aliphatic carbocycles. The summed E-state index contributed by atoms with van der Waals surface area (Å²) in [6.45, 7) is 0. The van der Waals surface area contributed by atoms with E-state index < -0.39 is 11.7 Å². The molecule has 0 radical (unpaired) electrons. The van der Waals surface area contributed by atoms with Gasteiger partial charge in [-0.25, -0.2) is 4.39 Å². The number of rotatable bonds is 1. The lowest BCUT2D eigenvalue weighted by Crippen LogP contribution is -1.90. The van der Waals surface area contributed by atoms with Crippen molar-refractivity contribution in [3.8, 4) is 0 Å². The van der Waals surface area contributed by atoms with E-state index in [0.717, 1.165) is 17.4 Å². The molecule has 0 saturated heterocycles. The van der Waals surface area contributed by atoms with Crippen molar-refractivity contribution in [3.63, 3.8) is 0 Å². The maximum atomic E-state index is 12.5. The fraction of sp³-hybridized carbons (Fsp3) is 0. The summed E-state index contributed by atoms with van der Waals surface area (Å²) in [7, 11) is 0. The minimum atomic E-state index is -0.875. The van der Waals surface area contributed by atoms with Gasteiger partial charge in [0.05, 0.1) is 0 Å². The van der Waals surface area contributed by atoms with E-state index in [1.54, 1.807) is 0 Å². The van der Waals surface area contributed by atoms with Crippen LogP contribution < -0.4 is 0 Å². The minimum Gasteiger partial charge on any atom is -0.286 e. The molecule has 1 rings (SSSR count). The summed E-state index contributed by atoms with van der Waals surface area (Å²) >= 11 is 0.908. The van der Waals surface area contributed by atoms with Gasteiger partial charge in [0.2, 0.25) is 0 Å². The van der Waals surface area contributed by atoms with Gasteiger partial charge in [-0.15, -0.1) is 11.3 Å². The van der Waals surface area contributed by atoms with Crippen LogP contribution >= 0.6 is 11.3 Å². The number of azide groups is 1. The Hall–Kier alpha value is -1.39. The van der Waals surface area contributed by atoms with E-state index >= 15 is 0 Å². The molecule has 0 bridgehead atoms. The third-order valence-corrected chi connectivity index (χ3v) is 1.82. The quantitative estimate of drug-likeness (QED) is 0.363. The molecule has 0 unspecified atom stereocenters. The molecular formula is C5H2FN3OS. The standard InChI is InChI=1S/C5H2FN3OS/c6-3-1-2-11-4(3)5(10)8-9-7/h1-2H. The zero-order chi connectivity index (χ0) is 8.27. The van der Waals surface area contributed by atoms with E-state index in [4.69, 9.17) is 5.53 Å². The Morgan fingerprint density at radius 3 is 3.00 bits per heavy atom. The lowest BCUT2D eigenvalue weighted by Gasteiger charge is -1.84. The van der Waals surface area contributed by atoms with Crippen molar-refractivity contribution in [1.82, 2.24) is 0 Å². The summed E-state index contributed by atoms with van der Waals surface area (Å²) in [5, 5.41) is 4.15. The van der Waals surface area contributed by atoms with E-state index in [2.05, 4.69) is 10.0 Å². The molecule has 1 amide bonds. The van der Waals surface area contributed by atoms with E-state index in [9.17, 15) is 9.18 Å². The molecule has 1 aromatic rings. The molecule has 0 N–H and O–H groups in total. The van der Waals surface area contributed by atoms with Gasteiger partial charge in [0.25, 0.3) is 5.91 Å². The van der Waals surface area contributed by atoms with Gasteiger partial charge in [-0.05, 0) is 22.1 Å². The van der Waals surface area contributed by atoms with E-state index in [-0.39, 0.29) is 4.88 Å². The second kappa shape index (κ2) is 3.14. The van der Waals surface area contributed by atoms with Crippen LogP contribution in [0.4, 0.5) is 4.39 Å². The van der Waals surface area contributed by atoms with Crippen LogP contribution in [0, 0.1) is 5.82 Å². The third-order valence-electron chi connectivity index (χ3n) is 0.947. The van der Waals surface area contributed by atoms with Crippen LogP contribution in [0.25, 0.3) is 10.4 Å². The van der Waals surface area contributed by atoms with Crippen LogP contribution in [0.1, 0.15) is 9.67 Å². The SMILES string of the molecule is [N-]=[N+]=NC(=O)c1sccc1F. The molecule has 0 atom stereocenters. The van der Waals surface area contributed by atoms with Crippen LogP contribution in [0.15, 0.2) is 16.6 Å². The predicted octanol–water partition coefficient (Wildman–Crippen LogP) is 2.34. The Morgan fingerprint density at radius 2 is 2.55 bits per heavy atom. The first-order chi connectivity index (χ1) is 5.25. The van der Waals surface area contributed by atoms with Crippen LogP contribution in [0.2, 0.25) is 0 Å². The highest BCUT2D eigenvalue weighted by Gasteiger charge is 2.10. The number of carbonyl (C=O) groups is 1. The number of hydrogen-bond donors (Lipinski definition) is 0. The van der Waals surface area contributed by atoms with Crippen LogP contribution in [-0.2, 0) is 0 Å². The van der Waals surface area contributed by atoms with Gasteiger partial charge >= 0.3 is 0 Å². The Labute approximate surface area is 64.9 Å². The lowest BCUT2D eigenvalue weighted by atomic mass is 10.4. The molecule has 6 heteroatoms. The van der Waals surface area contributed by atoms with E-state index in [1.807, 2.05) is 0 Å². The second-order valence-electron chi connectivity index (χ2n) is 1.59. The Morgan fingerprint density at radius 1 is 1.82 bits per heavy atom. The normalized spacial score (nSPS) is 8.82. The lowest BCUT2D eigenvalue weighted by molar-refractivity contribution is 0.100. The fourth-order valence-electron chi connectivity index (χ4n) is 0.532. The van der Waals surface area contributed by atoms with Gasteiger partial charge < -0.3 is 0 Å². The minimum absolute atomic E-state index is 0.150. The molecule has 0 aliphatic rings. The zero-order valence-electron chi connectivity index (χ0n) is 5.19. The molecule has 1 heterocycles. The topological polar surface area (TPSA) is 65.8 Å². The third kappa shape index (κ3) is 1.54. The van der Waals surface area contributed by atoms with Crippen molar-refractivity contribution in [2.24, 2.45) is 5.11 Å². The van der Waals surface area contributed by atoms with Crippen molar-refractivity contribution in [3.05, 3.63) is 32.6 Å². The van der Waals surface area contributed by atoms with Gasteiger partial charge in [0.15, 0.2) is 0 Å². The van der Waals surface area contributed by atoms with Crippen molar-refractivity contribution in [1.29, 1.82) is 0 Å². The second-order valence-corrected chi connectivity index (χ2v) is 2.51. The summed E-state index contributed by atoms with van der Waals surface area (Å²) in [5.74, 6) is -1.52. The molecule has 1 aromatic heterocycles. The first-order valence-corrected chi connectivity index (χ1v) is 3.46. The van der Waals surface area contributed by atoms with Gasteiger partial charge in [-0.3, -0.25) is 4.79 Å². The first-order valence-electron chi connectivity index (χ1n) is 2.58. The summed E-state index contributed by atoms with van der Waals surface area (Å²) in [6.07, 6.45) is 0. The zero-order valence-corrected chi connectivity index (χ0v) is 6.01. The highest BCUT2D eigenvalue weighted by Crippen LogP contribution is 2.15. The van der Waals surface area contributed by atoms with Gasteiger partial charge in [0.1, 0.15) is 10.7 Å². The van der Waals surface area contributed by atoms with Crippen molar-refractivity contribution in [2.75, 3.05) is 0 Å². The van der Waals surface area contributed by atoms with Crippen LogP contribution in [0.3, 0.4) is 0 Å². The maximum absolute atomic E-state index is 12.5. The molecule has 0 spiro atoms. The number of nitrogens with zero attached hydrogens (tertiary/aromatic N) is 3. The summed E-state index contributed by atoms with van der Waals surface area (Å²) < 4.78 is 12.5. The van der Waals surface area contributed by atoms with Crippen molar-refractivity contribution < 1.29 is 9.18 Å². The number of halogens is 1. The number of hydrogen-bond acceptors (Lipinski definition) is 2.